The number of carbonyl (C=O) groups is 2. The molecule has 3 aromatic carbocycles. The molecule has 4 rings (SSSR count). The van der Waals surface area contributed by atoms with Crippen LogP contribution in [0.3, 0.4) is 0 Å². The van der Waals surface area contributed by atoms with Crippen molar-refractivity contribution in [2.45, 2.75) is 26.1 Å². The summed E-state index contributed by atoms with van der Waals surface area (Å²) in [6.45, 7) is 4.57. The molecule has 0 bridgehead atoms. The zero-order valence-corrected chi connectivity index (χ0v) is 18.0. The number of ether oxygens (including phenoxy) is 1. The van der Waals surface area contributed by atoms with E-state index in [2.05, 4.69) is 10.6 Å². The number of rotatable bonds is 6. The van der Waals surface area contributed by atoms with E-state index in [1.165, 1.54) is 0 Å². The zero-order valence-electron chi connectivity index (χ0n) is 18.0. The van der Waals surface area contributed by atoms with Crippen molar-refractivity contribution in [3.05, 3.63) is 89.5 Å². The Morgan fingerprint density at radius 1 is 1.06 bits per heavy atom. The van der Waals surface area contributed by atoms with Crippen LogP contribution in [0.2, 0.25) is 0 Å². The van der Waals surface area contributed by atoms with Crippen LogP contribution in [0.1, 0.15) is 23.6 Å². The first-order valence-electron chi connectivity index (χ1n) is 10.4. The lowest BCUT2D eigenvalue weighted by molar-refractivity contribution is -0.140. The highest BCUT2D eigenvalue weighted by molar-refractivity contribution is 6.11. The van der Waals surface area contributed by atoms with E-state index in [-0.39, 0.29) is 12.1 Å². The van der Waals surface area contributed by atoms with Gasteiger partial charge >= 0.3 is 6.03 Å². The second kappa shape index (κ2) is 8.72. The van der Waals surface area contributed by atoms with Crippen molar-refractivity contribution in [3.63, 3.8) is 0 Å². The lowest BCUT2D eigenvalue weighted by atomic mass is 9.94. The van der Waals surface area contributed by atoms with Crippen molar-refractivity contribution < 1.29 is 19.4 Å². The van der Waals surface area contributed by atoms with Crippen LogP contribution in [0.4, 0.5) is 16.2 Å². The lowest BCUT2D eigenvalue weighted by Crippen LogP contribution is -2.62. The van der Waals surface area contributed by atoms with Crippen LogP contribution in [-0.2, 0) is 17.1 Å². The minimum absolute atomic E-state index is 0.211. The fraction of sp³-hybridized carbons (Fsp3) is 0.200. The second-order valence-corrected chi connectivity index (χ2v) is 7.58. The summed E-state index contributed by atoms with van der Waals surface area (Å²) in [6, 6.07) is 20.5. The van der Waals surface area contributed by atoms with Crippen LogP contribution in [0.5, 0.6) is 5.75 Å². The monoisotopic (exact) mass is 431 g/mol. The van der Waals surface area contributed by atoms with Crippen LogP contribution in [0.15, 0.2) is 72.8 Å². The molecule has 0 unspecified atom stereocenters. The van der Waals surface area contributed by atoms with Crippen molar-refractivity contribution >= 4 is 23.3 Å². The highest BCUT2D eigenvalue weighted by atomic mass is 16.5. The van der Waals surface area contributed by atoms with Crippen molar-refractivity contribution in [1.82, 2.24) is 5.32 Å². The summed E-state index contributed by atoms with van der Waals surface area (Å²) in [5.74, 6) is -0.0734. The Labute approximate surface area is 186 Å². The number of nitrogens with zero attached hydrogens (tertiary/aromatic N) is 1. The van der Waals surface area contributed by atoms with E-state index < -0.39 is 17.7 Å². The van der Waals surface area contributed by atoms with E-state index in [0.29, 0.717) is 23.7 Å². The average Bonchev–Trinajstić information content (AvgIpc) is 2.80. The number of aliphatic hydroxyl groups is 1. The molecule has 0 radical (unpaired) electrons. The number of hydrogen-bond donors (Lipinski definition) is 3. The molecule has 1 aliphatic rings. The Bertz CT molecular complexity index is 1130. The van der Waals surface area contributed by atoms with Crippen molar-refractivity contribution in [2.75, 3.05) is 16.8 Å². The molecule has 7 nitrogen and oxygen atoms in total. The Hall–Kier alpha value is -3.84. The fourth-order valence-corrected chi connectivity index (χ4v) is 3.73. The fourth-order valence-electron chi connectivity index (χ4n) is 3.73. The average molecular weight is 431 g/mol. The Balaban J connectivity index is 1.71. The van der Waals surface area contributed by atoms with Gasteiger partial charge in [0.15, 0.2) is 0 Å². The first-order valence-corrected chi connectivity index (χ1v) is 10.4. The van der Waals surface area contributed by atoms with E-state index in [9.17, 15) is 14.7 Å². The number of hydrogen-bond acceptors (Lipinski definition) is 4. The highest BCUT2D eigenvalue weighted by Crippen LogP contribution is 2.40. The van der Waals surface area contributed by atoms with Gasteiger partial charge in [-0.2, -0.15) is 0 Å². The Kier molecular flexibility index (Phi) is 5.83. The number of anilines is 2. The van der Waals surface area contributed by atoms with Crippen LogP contribution in [-0.4, -0.2) is 23.7 Å². The van der Waals surface area contributed by atoms with Crippen LogP contribution >= 0.6 is 0 Å². The van der Waals surface area contributed by atoms with Gasteiger partial charge in [-0.1, -0.05) is 48.0 Å². The number of carbonyl (C=O) groups excluding carboxylic acids is 2. The second-order valence-electron chi connectivity index (χ2n) is 7.58. The molecular formula is C25H25N3O4. The van der Waals surface area contributed by atoms with E-state index >= 15 is 0 Å². The first kappa shape index (κ1) is 21.4. The van der Waals surface area contributed by atoms with Gasteiger partial charge in [0.05, 0.1) is 12.3 Å². The largest absolute Gasteiger partial charge is 0.494 e. The first-order chi connectivity index (χ1) is 15.4. The van der Waals surface area contributed by atoms with Gasteiger partial charge in [0.2, 0.25) is 0 Å². The van der Waals surface area contributed by atoms with Gasteiger partial charge in [-0.05, 0) is 49.7 Å². The van der Waals surface area contributed by atoms with E-state index in [1.54, 1.807) is 48.5 Å². The molecule has 0 saturated heterocycles. The minimum atomic E-state index is -2.24. The normalized spacial score (nSPS) is 17.3. The van der Waals surface area contributed by atoms with Gasteiger partial charge in [0, 0.05) is 17.8 Å². The summed E-state index contributed by atoms with van der Waals surface area (Å²) in [4.78, 5) is 27.5. The number of amides is 3. The smallest absolute Gasteiger partial charge is 0.329 e. The number of urea groups is 1. The summed E-state index contributed by atoms with van der Waals surface area (Å²) >= 11 is 0. The SMILES string of the molecule is CCOc1ccc(N2C(=O)Nc3ccccc3[C@@]2(O)C(=O)NCc2ccc(C)cc2)cc1. The summed E-state index contributed by atoms with van der Waals surface area (Å²) < 4.78 is 5.47. The molecule has 1 aliphatic heterocycles. The molecule has 0 fully saturated rings. The standard InChI is InChI=1S/C25H25N3O4/c1-3-32-20-14-12-19(13-15-20)28-24(30)27-22-7-5-4-6-21(22)25(28,31)23(29)26-16-18-10-8-17(2)9-11-18/h4-15,31H,3,16H2,1-2H3,(H,26,29)(H,27,30)/t25-/m1/s1. The third-order valence-electron chi connectivity index (χ3n) is 5.37. The quantitative estimate of drug-likeness (QED) is 0.552. The predicted molar refractivity (Wildman–Crippen MR) is 122 cm³/mol. The predicted octanol–water partition coefficient (Wildman–Crippen LogP) is 3.91. The van der Waals surface area contributed by atoms with E-state index in [4.69, 9.17) is 4.74 Å². The maximum atomic E-state index is 13.4. The molecule has 32 heavy (non-hydrogen) atoms. The molecule has 3 aromatic rings. The van der Waals surface area contributed by atoms with Crippen LogP contribution in [0.25, 0.3) is 0 Å². The van der Waals surface area contributed by atoms with Crippen molar-refractivity contribution in [3.8, 4) is 5.75 Å². The molecule has 164 valence electrons. The van der Waals surface area contributed by atoms with Crippen molar-refractivity contribution in [2.24, 2.45) is 0 Å². The third-order valence-corrected chi connectivity index (χ3v) is 5.37. The van der Waals surface area contributed by atoms with E-state index in [1.807, 2.05) is 38.1 Å². The van der Waals surface area contributed by atoms with E-state index in [0.717, 1.165) is 16.0 Å². The molecule has 7 heteroatoms. The summed E-state index contributed by atoms with van der Waals surface area (Å²) in [6.07, 6.45) is 0. The maximum absolute atomic E-state index is 13.4. The number of fused-ring (bicyclic) bond motifs is 1. The van der Waals surface area contributed by atoms with Crippen LogP contribution in [0, 0.1) is 6.92 Å². The number of benzene rings is 3. The minimum Gasteiger partial charge on any atom is -0.494 e. The molecule has 0 spiro atoms. The third kappa shape index (κ3) is 3.90. The number of nitrogens with one attached hydrogen (secondary N) is 2. The Morgan fingerprint density at radius 2 is 1.75 bits per heavy atom. The number of para-hydroxylation sites is 1. The summed E-state index contributed by atoms with van der Waals surface area (Å²) in [7, 11) is 0. The molecule has 0 saturated carbocycles. The molecule has 3 N–H and O–H groups in total. The molecule has 0 aromatic heterocycles. The lowest BCUT2D eigenvalue weighted by Gasteiger charge is -2.42. The summed E-state index contributed by atoms with van der Waals surface area (Å²) in [5, 5.41) is 17.3. The highest BCUT2D eigenvalue weighted by Gasteiger charge is 2.51. The van der Waals surface area contributed by atoms with Gasteiger partial charge in [-0.3, -0.25) is 9.69 Å². The maximum Gasteiger partial charge on any atom is 0.329 e. The topological polar surface area (TPSA) is 90.9 Å². The number of aryl methyl sites for hydroxylation is 1. The molecule has 0 aliphatic carbocycles. The van der Waals surface area contributed by atoms with Gasteiger partial charge in [-0.25, -0.2) is 4.79 Å². The molecule has 3 amide bonds. The zero-order chi connectivity index (χ0) is 22.7. The van der Waals surface area contributed by atoms with Gasteiger partial charge in [0.1, 0.15) is 5.75 Å². The van der Waals surface area contributed by atoms with Gasteiger partial charge in [-0.15, -0.1) is 0 Å². The van der Waals surface area contributed by atoms with Gasteiger partial charge in [0.25, 0.3) is 11.6 Å². The molecular weight excluding hydrogens is 406 g/mol. The molecule has 1 atom stereocenters. The Morgan fingerprint density at radius 3 is 2.44 bits per heavy atom. The van der Waals surface area contributed by atoms with Crippen molar-refractivity contribution in [1.29, 1.82) is 0 Å². The van der Waals surface area contributed by atoms with Gasteiger partial charge < -0.3 is 20.5 Å². The molecule has 1 heterocycles. The summed E-state index contributed by atoms with van der Waals surface area (Å²) in [5.41, 5.74) is 0.777. The van der Waals surface area contributed by atoms with Crippen LogP contribution < -0.4 is 20.3 Å².